The SMILES string of the molecule is CCC(C)(C)C(=O)OCC1CC2CC1C1C2CC2OC21.CCC(C)(C)C(=O)OCC1CC2CC1C1C3CC(C4CC5OC5C43)C21.CCC(C)(C)C(=O)OCC1CCC2OC2C1.CCC(C)(C)C(=O)OCC1CO1. The van der Waals surface area contributed by atoms with Gasteiger partial charge in [0.1, 0.15) is 12.7 Å². The van der Waals surface area contributed by atoms with Crippen LogP contribution in [0.15, 0.2) is 0 Å². The lowest BCUT2D eigenvalue weighted by atomic mass is 9.62. The van der Waals surface area contributed by atoms with Crippen molar-refractivity contribution in [3.63, 3.8) is 0 Å². The summed E-state index contributed by atoms with van der Waals surface area (Å²) in [4.78, 5) is 47.6. The molecule has 13 rings (SSSR count). The molecule has 13 fully saturated rings. The Morgan fingerprint density at radius 1 is 0.411 bits per heavy atom. The van der Waals surface area contributed by atoms with Gasteiger partial charge in [-0.15, -0.1) is 0 Å². The van der Waals surface area contributed by atoms with Gasteiger partial charge in [-0.1, -0.05) is 27.7 Å². The Morgan fingerprint density at radius 2 is 0.863 bits per heavy atom. The second-order valence-corrected chi connectivity index (χ2v) is 28.5. The molecule has 12 nitrogen and oxygen atoms in total. The summed E-state index contributed by atoms with van der Waals surface area (Å²) in [7, 11) is 0. The summed E-state index contributed by atoms with van der Waals surface area (Å²) >= 11 is 0. The highest BCUT2D eigenvalue weighted by Gasteiger charge is 2.74. The van der Waals surface area contributed by atoms with Crippen molar-refractivity contribution >= 4 is 23.9 Å². The van der Waals surface area contributed by atoms with E-state index in [0.29, 0.717) is 80.8 Å². The van der Waals surface area contributed by atoms with Gasteiger partial charge in [-0.3, -0.25) is 19.2 Å². The van der Waals surface area contributed by atoms with Crippen LogP contribution in [-0.4, -0.2) is 99.6 Å². The van der Waals surface area contributed by atoms with E-state index in [9.17, 15) is 19.2 Å². The molecule has 0 N–H and O–H groups in total. The molecule has 73 heavy (non-hydrogen) atoms. The molecule has 0 radical (unpaired) electrons. The molecule has 4 aliphatic heterocycles. The van der Waals surface area contributed by atoms with Gasteiger partial charge >= 0.3 is 23.9 Å². The maximum atomic E-state index is 12.4. The van der Waals surface area contributed by atoms with Crippen molar-refractivity contribution in [1.82, 2.24) is 0 Å². The van der Waals surface area contributed by atoms with Gasteiger partial charge in [-0.2, -0.15) is 0 Å². The molecule has 22 unspecified atom stereocenters. The highest BCUT2D eigenvalue weighted by Crippen LogP contribution is 2.76. The summed E-state index contributed by atoms with van der Waals surface area (Å²) in [5.74, 6) is 12.5. The maximum Gasteiger partial charge on any atom is 0.311 e. The van der Waals surface area contributed by atoms with E-state index in [1.807, 2.05) is 76.2 Å². The van der Waals surface area contributed by atoms with E-state index in [2.05, 4.69) is 6.92 Å². The number of fused-ring (bicyclic) bond motifs is 22. The summed E-state index contributed by atoms with van der Waals surface area (Å²) < 4.78 is 44.0. The zero-order valence-corrected chi connectivity index (χ0v) is 47.0. The Kier molecular flexibility index (Phi) is 15.2. The van der Waals surface area contributed by atoms with Crippen molar-refractivity contribution in [3.8, 4) is 0 Å². The number of hydrogen-bond acceptors (Lipinski definition) is 12. The highest BCUT2D eigenvalue weighted by atomic mass is 16.6. The average Bonchev–Trinajstić information content (AvgIpc) is 4.34. The van der Waals surface area contributed by atoms with Crippen LogP contribution in [-0.2, 0) is 57.1 Å². The molecule has 0 aromatic carbocycles. The van der Waals surface area contributed by atoms with Gasteiger partial charge in [-0.05, 0) is 234 Å². The van der Waals surface area contributed by atoms with E-state index >= 15 is 0 Å². The molecule has 0 spiro atoms. The van der Waals surface area contributed by atoms with Crippen molar-refractivity contribution in [2.75, 3.05) is 33.0 Å². The standard InChI is InChI=1S/C22H32O3.C17H26O3.C13H22O3.C9H16O3/c1-4-22(2,3)21(23)24-9-11-5-10-6-12(11)18-15-7-13(17(10)18)14-8-16-20(25-16)19(14)15;1-4-17(2,3)16(18)19-8-10-5-9-6-11(10)14-12(9)7-13-15(14)20-13;1-4-13(2,3)12(14)15-8-9-5-6-10-11(7-9)16-10;1-4-9(2,3)8(10)12-6-7-5-11-7/h10-20H,4-9H2,1-3H3;9-15H,4-8H2,1-3H3;9-11H,4-8H2,1-3H3;7H,4-6H2,1-3H3. The molecular formula is C61H96O12. The molecule has 9 aliphatic carbocycles. The summed E-state index contributed by atoms with van der Waals surface area (Å²) in [5.41, 5.74) is -1.36. The summed E-state index contributed by atoms with van der Waals surface area (Å²) in [6.45, 7) is 26.8. The van der Waals surface area contributed by atoms with Gasteiger partial charge in [0.15, 0.2) is 0 Å². The fraction of sp³-hybridized carbons (Fsp3) is 0.934. The third kappa shape index (κ3) is 10.8. The molecule has 412 valence electrons. The zero-order valence-electron chi connectivity index (χ0n) is 47.0. The van der Waals surface area contributed by atoms with Crippen LogP contribution in [0, 0.1) is 110 Å². The molecule has 6 bridgehead atoms. The Hall–Kier alpha value is -2.28. The first kappa shape index (κ1) is 54.1. The molecule has 22 atom stereocenters. The monoisotopic (exact) mass is 1020 g/mol. The summed E-state index contributed by atoms with van der Waals surface area (Å²) in [5, 5.41) is 0. The second kappa shape index (κ2) is 20.5. The predicted molar refractivity (Wildman–Crippen MR) is 274 cm³/mol. The molecule has 0 aromatic heterocycles. The zero-order chi connectivity index (χ0) is 52.1. The predicted octanol–water partition coefficient (Wildman–Crippen LogP) is 10.8. The largest absolute Gasteiger partial charge is 0.465 e. The van der Waals surface area contributed by atoms with Crippen molar-refractivity contribution in [3.05, 3.63) is 0 Å². The van der Waals surface area contributed by atoms with Crippen LogP contribution in [0.25, 0.3) is 0 Å². The molecule has 12 heteroatoms. The van der Waals surface area contributed by atoms with Crippen LogP contribution in [0.4, 0.5) is 0 Å². The third-order valence-corrected chi connectivity index (χ3v) is 22.7. The third-order valence-electron chi connectivity index (χ3n) is 22.7. The summed E-state index contributed by atoms with van der Waals surface area (Å²) in [6.07, 6.45) is 19.9. The summed E-state index contributed by atoms with van der Waals surface area (Å²) in [6, 6.07) is 0. The molecule has 9 saturated carbocycles. The lowest BCUT2D eigenvalue weighted by molar-refractivity contribution is -0.157. The van der Waals surface area contributed by atoms with Crippen LogP contribution in [0.2, 0.25) is 0 Å². The van der Waals surface area contributed by atoms with Crippen molar-refractivity contribution in [1.29, 1.82) is 0 Å². The fourth-order valence-corrected chi connectivity index (χ4v) is 16.4. The Morgan fingerprint density at radius 3 is 1.38 bits per heavy atom. The number of ether oxygens (including phenoxy) is 8. The molecule has 0 aromatic rings. The Bertz CT molecular complexity index is 2020. The number of epoxide rings is 4. The fourth-order valence-electron chi connectivity index (χ4n) is 16.4. The van der Waals surface area contributed by atoms with Crippen LogP contribution in [0.5, 0.6) is 0 Å². The Balaban J connectivity index is 0.000000116. The minimum absolute atomic E-state index is 0.00680. The average molecular weight is 1020 g/mol. The van der Waals surface area contributed by atoms with E-state index in [1.165, 1.54) is 44.9 Å². The first-order valence-corrected chi connectivity index (χ1v) is 29.9. The number of carbonyl (C=O) groups excluding carboxylic acids is 4. The number of esters is 4. The van der Waals surface area contributed by atoms with E-state index in [0.717, 1.165) is 123 Å². The minimum Gasteiger partial charge on any atom is -0.465 e. The molecular weight excluding hydrogens is 925 g/mol. The minimum atomic E-state index is -0.352. The second-order valence-electron chi connectivity index (χ2n) is 28.5. The lowest BCUT2D eigenvalue weighted by Gasteiger charge is -2.43. The van der Waals surface area contributed by atoms with Crippen LogP contribution >= 0.6 is 0 Å². The van der Waals surface area contributed by atoms with Crippen LogP contribution in [0.3, 0.4) is 0 Å². The van der Waals surface area contributed by atoms with E-state index < -0.39 is 0 Å². The van der Waals surface area contributed by atoms with Gasteiger partial charge < -0.3 is 37.9 Å². The van der Waals surface area contributed by atoms with E-state index in [-0.39, 0.29) is 51.6 Å². The van der Waals surface area contributed by atoms with Gasteiger partial charge in [0.25, 0.3) is 0 Å². The topological polar surface area (TPSA) is 155 Å². The number of rotatable bonds is 16. The lowest BCUT2D eigenvalue weighted by Crippen LogP contribution is -2.41. The van der Waals surface area contributed by atoms with Gasteiger partial charge in [0.2, 0.25) is 0 Å². The van der Waals surface area contributed by atoms with Crippen molar-refractivity contribution < 1.29 is 57.1 Å². The van der Waals surface area contributed by atoms with Gasteiger partial charge in [0.05, 0.1) is 84.7 Å². The first-order valence-electron chi connectivity index (χ1n) is 29.9. The highest BCUT2D eigenvalue weighted by molar-refractivity contribution is 5.77. The van der Waals surface area contributed by atoms with Crippen LogP contribution < -0.4 is 0 Å². The van der Waals surface area contributed by atoms with Crippen molar-refractivity contribution in [2.24, 2.45) is 110 Å². The molecule has 4 saturated heterocycles. The molecule has 13 aliphatic rings. The Labute approximate surface area is 438 Å². The van der Waals surface area contributed by atoms with Gasteiger partial charge in [-0.25, -0.2) is 0 Å². The van der Waals surface area contributed by atoms with E-state index in [1.54, 1.807) is 0 Å². The van der Waals surface area contributed by atoms with Crippen LogP contribution in [0.1, 0.15) is 173 Å². The first-order chi connectivity index (χ1) is 34.6. The molecule has 0 amide bonds. The van der Waals surface area contributed by atoms with E-state index in [4.69, 9.17) is 37.9 Å². The maximum absolute atomic E-state index is 12.4. The number of hydrogen-bond donors (Lipinski definition) is 0. The van der Waals surface area contributed by atoms with Crippen molar-refractivity contribution in [2.45, 2.75) is 216 Å². The quantitative estimate of drug-likeness (QED) is 0.0625. The number of carbonyl (C=O) groups is 4. The van der Waals surface area contributed by atoms with Gasteiger partial charge in [0, 0.05) is 0 Å². The normalized spacial score (nSPS) is 43.5. The smallest absolute Gasteiger partial charge is 0.311 e. The molecule has 4 heterocycles.